The average Bonchev–Trinajstić information content (AvgIpc) is 2.55. The third-order valence-corrected chi connectivity index (χ3v) is 2.94. The summed E-state index contributed by atoms with van der Waals surface area (Å²) in [5, 5.41) is 8.97. The van der Waals surface area contributed by atoms with Crippen LogP contribution in [0.1, 0.15) is 12.8 Å². The Morgan fingerprint density at radius 3 is 2.87 bits per heavy atom. The summed E-state index contributed by atoms with van der Waals surface area (Å²) in [7, 11) is 0. The van der Waals surface area contributed by atoms with Gasteiger partial charge in [-0.1, -0.05) is 6.08 Å². The zero-order valence-electron chi connectivity index (χ0n) is 8.36. The van der Waals surface area contributed by atoms with Crippen molar-refractivity contribution >= 4 is 23.5 Å². The quantitative estimate of drug-likeness (QED) is 0.570. The first-order valence-electron chi connectivity index (χ1n) is 4.79. The number of hydrogen-bond acceptors (Lipinski definition) is 2. The standard InChI is InChI=1S/C10H14ClNO3/c1-2-3-8(10(14)15)12-6-7(5-11)4-9(12)13/h2,7-8H,1,3-6H2,(H,14,15)/t7?,8-/m0/s1. The van der Waals surface area contributed by atoms with Crippen molar-refractivity contribution in [2.45, 2.75) is 18.9 Å². The summed E-state index contributed by atoms with van der Waals surface area (Å²) in [4.78, 5) is 23.9. The average molecular weight is 232 g/mol. The third kappa shape index (κ3) is 2.72. The first-order valence-corrected chi connectivity index (χ1v) is 5.32. The van der Waals surface area contributed by atoms with Crippen LogP contribution in [-0.2, 0) is 9.59 Å². The molecule has 1 N–H and O–H groups in total. The van der Waals surface area contributed by atoms with Gasteiger partial charge in [-0.2, -0.15) is 0 Å². The van der Waals surface area contributed by atoms with E-state index in [0.717, 1.165) is 0 Å². The summed E-state index contributed by atoms with van der Waals surface area (Å²) in [5.41, 5.74) is 0. The number of carboxylic acid groups (broad SMARTS) is 1. The van der Waals surface area contributed by atoms with Gasteiger partial charge in [-0.3, -0.25) is 4.79 Å². The molecule has 1 rings (SSSR count). The molecule has 15 heavy (non-hydrogen) atoms. The lowest BCUT2D eigenvalue weighted by Gasteiger charge is -2.23. The van der Waals surface area contributed by atoms with Crippen LogP contribution in [-0.4, -0.2) is 40.3 Å². The van der Waals surface area contributed by atoms with Gasteiger partial charge in [0.05, 0.1) is 0 Å². The molecule has 0 spiro atoms. The van der Waals surface area contributed by atoms with Crippen molar-refractivity contribution in [2.24, 2.45) is 5.92 Å². The number of aliphatic carboxylic acids is 1. The number of rotatable bonds is 5. The molecule has 0 aromatic heterocycles. The van der Waals surface area contributed by atoms with E-state index >= 15 is 0 Å². The topological polar surface area (TPSA) is 57.6 Å². The van der Waals surface area contributed by atoms with Gasteiger partial charge in [-0.25, -0.2) is 4.79 Å². The number of carbonyl (C=O) groups excluding carboxylic acids is 1. The van der Waals surface area contributed by atoms with Gasteiger partial charge in [-0.05, 0) is 12.3 Å². The van der Waals surface area contributed by atoms with Gasteiger partial charge in [0, 0.05) is 18.8 Å². The Hall–Kier alpha value is -1.03. The maximum atomic E-state index is 11.5. The molecule has 0 aromatic carbocycles. The molecule has 1 fully saturated rings. The molecule has 1 saturated heterocycles. The molecule has 1 aliphatic rings. The van der Waals surface area contributed by atoms with Crippen molar-refractivity contribution in [1.29, 1.82) is 0 Å². The third-order valence-electron chi connectivity index (χ3n) is 2.51. The molecule has 0 aromatic rings. The Labute approximate surface area is 93.5 Å². The lowest BCUT2D eigenvalue weighted by atomic mass is 10.1. The zero-order valence-corrected chi connectivity index (χ0v) is 9.11. The van der Waals surface area contributed by atoms with Gasteiger partial charge in [0.2, 0.25) is 5.91 Å². The number of likely N-dealkylation sites (tertiary alicyclic amines) is 1. The van der Waals surface area contributed by atoms with E-state index in [2.05, 4.69) is 6.58 Å². The maximum Gasteiger partial charge on any atom is 0.326 e. The summed E-state index contributed by atoms with van der Waals surface area (Å²) >= 11 is 5.65. The molecule has 1 unspecified atom stereocenters. The highest BCUT2D eigenvalue weighted by molar-refractivity contribution is 6.18. The lowest BCUT2D eigenvalue weighted by Crippen LogP contribution is -2.42. The molecular weight excluding hydrogens is 218 g/mol. The fourth-order valence-corrected chi connectivity index (χ4v) is 1.94. The molecule has 0 radical (unpaired) electrons. The summed E-state index contributed by atoms with van der Waals surface area (Å²) in [5.74, 6) is -0.651. The Balaban J connectivity index is 2.72. The highest BCUT2D eigenvalue weighted by Gasteiger charge is 2.36. The minimum Gasteiger partial charge on any atom is -0.480 e. The first kappa shape index (κ1) is 12.0. The van der Waals surface area contributed by atoms with Gasteiger partial charge < -0.3 is 10.0 Å². The Morgan fingerprint density at radius 2 is 2.47 bits per heavy atom. The number of alkyl halides is 1. The molecular formula is C10H14ClNO3. The highest BCUT2D eigenvalue weighted by atomic mass is 35.5. The van der Waals surface area contributed by atoms with Gasteiger partial charge in [0.15, 0.2) is 0 Å². The van der Waals surface area contributed by atoms with Gasteiger partial charge in [-0.15, -0.1) is 18.2 Å². The molecule has 84 valence electrons. The molecule has 1 amide bonds. The second-order valence-electron chi connectivity index (χ2n) is 3.65. The predicted octanol–water partition coefficient (Wildman–Crippen LogP) is 1.10. The number of carboxylic acids is 1. The van der Waals surface area contributed by atoms with Crippen molar-refractivity contribution in [1.82, 2.24) is 4.90 Å². The van der Waals surface area contributed by atoms with Crippen molar-refractivity contribution in [3.63, 3.8) is 0 Å². The minimum atomic E-state index is -0.988. The number of amides is 1. The number of halogens is 1. The van der Waals surface area contributed by atoms with Crippen molar-refractivity contribution in [3.05, 3.63) is 12.7 Å². The first-order chi connectivity index (χ1) is 7.10. The smallest absolute Gasteiger partial charge is 0.326 e. The molecule has 0 saturated carbocycles. The molecule has 5 heteroatoms. The van der Waals surface area contributed by atoms with Crippen LogP contribution in [0.4, 0.5) is 0 Å². The van der Waals surface area contributed by atoms with Crippen LogP contribution in [0.3, 0.4) is 0 Å². The summed E-state index contributed by atoms with van der Waals surface area (Å²) < 4.78 is 0. The van der Waals surface area contributed by atoms with Gasteiger partial charge >= 0.3 is 5.97 Å². The predicted molar refractivity (Wildman–Crippen MR) is 56.8 cm³/mol. The van der Waals surface area contributed by atoms with Crippen LogP contribution in [0.5, 0.6) is 0 Å². The molecule has 0 aliphatic carbocycles. The fourth-order valence-electron chi connectivity index (χ4n) is 1.73. The van der Waals surface area contributed by atoms with E-state index in [4.69, 9.17) is 16.7 Å². The lowest BCUT2D eigenvalue weighted by molar-refractivity contribution is -0.148. The van der Waals surface area contributed by atoms with Crippen LogP contribution < -0.4 is 0 Å². The second-order valence-corrected chi connectivity index (χ2v) is 3.96. The van der Waals surface area contributed by atoms with Crippen LogP contribution in [0.2, 0.25) is 0 Å². The van der Waals surface area contributed by atoms with E-state index in [1.165, 1.54) is 11.0 Å². The van der Waals surface area contributed by atoms with Gasteiger partial charge in [0.25, 0.3) is 0 Å². The maximum absolute atomic E-state index is 11.5. The number of carbonyl (C=O) groups is 2. The van der Waals surface area contributed by atoms with Crippen LogP contribution >= 0.6 is 11.6 Å². The Bertz CT molecular complexity index is 280. The van der Waals surface area contributed by atoms with E-state index in [1.54, 1.807) is 0 Å². The molecule has 1 heterocycles. The van der Waals surface area contributed by atoms with Crippen LogP contribution in [0.25, 0.3) is 0 Å². The van der Waals surface area contributed by atoms with E-state index in [0.29, 0.717) is 18.8 Å². The molecule has 1 aliphatic heterocycles. The van der Waals surface area contributed by atoms with E-state index < -0.39 is 12.0 Å². The van der Waals surface area contributed by atoms with E-state index in [-0.39, 0.29) is 18.2 Å². The van der Waals surface area contributed by atoms with Crippen LogP contribution in [0, 0.1) is 5.92 Å². The Kier molecular flexibility index (Phi) is 4.15. The van der Waals surface area contributed by atoms with Crippen molar-refractivity contribution < 1.29 is 14.7 Å². The van der Waals surface area contributed by atoms with Crippen molar-refractivity contribution in [2.75, 3.05) is 12.4 Å². The molecule has 0 bridgehead atoms. The Morgan fingerprint density at radius 1 is 1.80 bits per heavy atom. The van der Waals surface area contributed by atoms with E-state index in [1.807, 2.05) is 0 Å². The SMILES string of the molecule is C=CC[C@@H](C(=O)O)N1CC(CCl)CC1=O. The second kappa shape index (κ2) is 5.16. The van der Waals surface area contributed by atoms with E-state index in [9.17, 15) is 9.59 Å². The zero-order chi connectivity index (χ0) is 11.4. The highest BCUT2D eigenvalue weighted by Crippen LogP contribution is 2.22. The number of nitrogens with zero attached hydrogens (tertiary/aromatic N) is 1. The summed E-state index contributed by atoms with van der Waals surface area (Å²) in [6.07, 6.45) is 2.14. The van der Waals surface area contributed by atoms with Gasteiger partial charge in [0.1, 0.15) is 6.04 Å². The molecule has 2 atom stereocenters. The van der Waals surface area contributed by atoms with Crippen molar-refractivity contribution in [3.8, 4) is 0 Å². The number of hydrogen-bond donors (Lipinski definition) is 1. The summed E-state index contributed by atoms with van der Waals surface area (Å²) in [6.45, 7) is 3.93. The van der Waals surface area contributed by atoms with Crippen LogP contribution in [0.15, 0.2) is 12.7 Å². The monoisotopic (exact) mass is 231 g/mol. The summed E-state index contributed by atoms with van der Waals surface area (Å²) in [6, 6.07) is -0.789. The largest absolute Gasteiger partial charge is 0.480 e. The molecule has 4 nitrogen and oxygen atoms in total. The fraction of sp³-hybridized carbons (Fsp3) is 0.600. The minimum absolute atomic E-state index is 0.0748. The normalized spacial score (nSPS) is 22.9.